The molecule has 0 aromatic heterocycles. The van der Waals surface area contributed by atoms with E-state index in [-0.39, 0.29) is 12.0 Å². The molecule has 3 aliphatic carbocycles. The third-order valence-electron chi connectivity index (χ3n) is 9.04. The minimum absolute atomic E-state index is 0.141. The van der Waals surface area contributed by atoms with E-state index in [1.165, 1.54) is 37.7 Å². The lowest BCUT2D eigenvalue weighted by Gasteiger charge is -2.44. The highest BCUT2D eigenvalue weighted by molar-refractivity contribution is 5.27. The number of hydrogen-bond acceptors (Lipinski definition) is 2. The van der Waals surface area contributed by atoms with Crippen LogP contribution in [-0.2, 0) is 0 Å². The monoisotopic (exact) mass is 414 g/mol. The molecule has 0 aliphatic heterocycles. The van der Waals surface area contributed by atoms with Crippen molar-refractivity contribution in [1.82, 2.24) is 0 Å². The van der Waals surface area contributed by atoms with Gasteiger partial charge in [0.25, 0.3) is 0 Å². The maximum absolute atomic E-state index is 10.3. The number of allylic oxidation sites excluding steroid dienone is 4. The topological polar surface area (TPSA) is 40.5 Å². The van der Waals surface area contributed by atoms with E-state index < -0.39 is 5.60 Å². The van der Waals surface area contributed by atoms with Crippen molar-refractivity contribution in [1.29, 1.82) is 0 Å². The van der Waals surface area contributed by atoms with Crippen LogP contribution in [0.3, 0.4) is 0 Å². The summed E-state index contributed by atoms with van der Waals surface area (Å²) in [5, 5.41) is 20.3. The second-order valence-corrected chi connectivity index (χ2v) is 11.6. The van der Waals surface area contributed by atoms with Crippen molar-refractivity contribution in [3.05, 3.63) is 35.5 Å². The van der Waals surface area contributed by atoms with E-state index in [0.717, 1.165) is 25.2 Å². The first kappa shape index (κ1) is 23.8. The van der Waals surface area contributed by atoms with Gasteiger partial charge in [-0.25, -0.2) is 0 Å². The molecule has 0 unspecified atom stereocenters. The molecule has 0 spiro atoms. The highest BCUT2D eigenvalue weighted by Gasteiger charge is 2.50. The average molecular weight is 415 g/mol. The lowest BCUT2D eigenvalue weighted by Crippen LogP contribution is -2.35. The lowest BCUT2D eigenvalue weighted by atomic mass is 9.61. The average Bonchev–Trinajstić information content (AvgIpc) is 3.03. The Kier molecular flexibility index (Phi) is 7.40. The number of fused-ring (bicyclic) bond motifs is 1. The van der Waals surface area contributed by atoms with E-state index in [9.17, 15) is 10.2 Å². The lowest BCUT2D eigenvalue weighted by molar-refractivity contribution is 0.0436. The summed E-state index contributed by atoms with van der Waals surface area (Å²) in [7, 11) is 0. The Labute approximate surface area is 185 Å². The first-order valence-corrected chi connectivity index (χ1v) is 12.5. The van der Waals surface area contributed by atoms with Crippen molar-refractivity contribution in [3.63, 3.8) is 0 Å². The molecule has 0 aromatic carbocycles. The van der Waals surface area contributed by atoms with Crippen molar-refractivity contribution in [2.75, 3.05) is 0 Å². The third-order valence-corrected chi connectivity index (χ3v) is 9.04. The Bertz CT molecular complexity index is 679. The molecule has 170 valence electrons. The van der Waals surface area contributed by atoms with Gasteiger partial charge < -0.3 is 10.2 Å². The minimum Gasteiger partial charge on any atom is -0.393 e. The van der Waals surface area contributed by atoms with Crippen LogP contribution in [-0.4, -0.2) is 21.9 Å². The van der Waals surface area contributed by atoms with E-state index in [0.29, 0.717) is 23.2 Å². The van der Waals surface area contributed by atoms with Crippen LogP contribution >= 0.6 is 0 Å². The summed E-state index contributed by atoms with van der Waals surface area (Å²) in [6, 6.07) is 0. The fraction of sp³-hybridized carbons (Fsp3) is 0.786. The van der Waals surface area contributed by atoms with Crippen LogP contribution in [0.15, 0.2) is 35.5 Å². The highest BCUT2D eigenvalue weighted by Crippen LogP contribution is 2.59. The van der Waals surface area contributed by atoms with Crippen molar-refractivity contribution in [3.8, 4) is 0 Å². The summed E-state index contributed by atoms with van der Waals surface area (Å²) in [6.07, 6.45) is 18.7. The first-order valence-electron chi connectivity index (χ1n) is 12.5. The molecule has 30 heavy (non-hydrogen) atoms. The molecule has 0 amide bonds. The van der Waals surface area contributed by atoms with Crippen molar-refractivity contribution < 1.29 is 10.2 Å². The van der Waals surface area contributed by atoms with Gasteiger partial charge >= 0.3 is 0 Å². The quantitative estimate of drug-likeness (QED) is 0.484. The van der Waals surface area contributed by atoms with E-state index >= 15 is 0 Å². The number of hydrogen-bond donors (Lipinski definition) is 2. The zero-order valence-electron chi connectivity index (χ0n) is 20.3. The molecule has 0 saturated heterocycles. The van der Waals surface area contributed by atoms with E-state index in [1.54, 1.807) is 5.57 Å². The van der Waals surface area contributed by atoms with E-state index in [4.69, 9.17) is 0 Å². The highest BCUT2D eigenvalue weighted by atomic mass is 16.3. The molecule has 3 aliphatic rings. The van der Waals surface area contributed by atoms with Gasteiger partial charge in [0.1, 0.15) is 0 Å². The molecular formula is C28H46O2. The van der Waals surface area contributed by atoms with Gasteiger partial charge in [-0.3, -0.25) is 0 Å². The summed E-state index contributed by atoms with van der Waals surface area (Å²) in [6.45, 7) is 13.2. The second-order valence-electron chi connectivity index (χ2n) is 11.6. The molecule has 0 radical (unpaired) electrons. The van der Waals surface area contributed by atoms with Crippen molar-refractivity contribution >= 4 is 0 Å². The van der Waals surface area contributed by atoms with Gasteiger partial charge in [0.05, 0.1) is 11.7 Å². The van der Waals surface area contributed by atoms with Gasteiger partial charge in [0.2, 0.25) is 0 Å². The SMILES string of the molecule is C[C@@H]1CC[C@H](O)CC1=C/C=C1\CCC[C@@]2(C)[C@@H]1CC[C@@H]2[C@H](C)/C=C/[C@H](C)C(C)(C)O. The summed E-state index contributed by atoms with van der Waals surface area (Å²) in [4.78, 5) is 0. The predicted octanol–water partition coefficient (Wildman–Crippen LogP) is 6.84. The molecule has 0 heterocycles. The second kappa shape index (κ2) is 9.33. The third kappa shape index (κ3) is 5.13. The van der Waals surface area contributed by atoms with Gasteiger partial charge in [0.15, 0.2) is 0 Å². The summed E-state index contributed by atoms with van der Waals surface area (Å²) < 4.78 is 0. The minimum atomic E-state index is -0.656. The van der Waals surface area contributed by atoms with Crippen LogP contribution in [0.2, 0.25) is 0 Å². The van der Waals surface area contributed by atoms with Crippen LogP contribution in [0.25, 0.3) is 0 Å². The molecule has 3 fully saturated rings. The van der Waals surface area contributed by atoms with Crippen LogP contribution < -0.4 is 0 Å². The molecule has 2 nitrogen and oxygen atoms in total. The van der Waals surface area contributed by atoms with Crippen LogP contribution in [0.4, 0.5) is 0 Å². The van der Waals surface area contributed by atoms with E-state index in [2.05, 4.69) is 52.0 Å². The van der Waals surface area contributed by atoms with E-state index in [1.807, 2.05) is 13.8 Å². The van der Waals surface area contributed by atoms with Crippen LogP contribution in [0.5, 0.6) is 0 Å². The maximum Gasteiger partial charge on any atom is 0.0651 e. The molecule has 3 rings (SSSR count). The standard InChI is InChI=1S/C28H46O2/c1-19-10-14-24(29)18-23(19)13-12-22-8-7-17-28(6)25(15-16-26(22)28)20(2)9-11-21(3)27(4,5)30/h9,11-13,19-21,24-26,29-30H,7-8,10,14-18H2,1-6H3/b11-9+,22-12+,23-13?/t19-,20-,21+,24+,25-,26-,28-/m1/s1. The van der Waals surface area contributed by atoms with Gasteiger partial charge in [-0.1, -0.05) is 63.1 Å². The number of aliphatic hydroxyl groups is 2. The molecular weight excluding hydrogens is 368 g/mol. The Hall–Kier alpha value is -0.860. The molecule has 0 bridgehead atoms. The molecule has 0 aromatic rings. The molecule has 7 atom stereocenters. The zero-order valence-corrected chi connectivity index (χ0v) is 20.3. The number of aliphatic hydroxyl groups excluding tert-OH is 1. The molecule has 3 saturated carbocycles. The fourth-order valence-electron chi connectivity index (χ4n) is 6.50. The fourth-order valence-corrected chi connectivity index (χ4v) is 6.50. The smallest absolute Gasteiger partial charge is 0.0651 e. The Morgan fingerprint density at radius 2 is 1.73 bits per heavy atom. The van der Waals surface area contributed by atoms with Gasteiger partial charge in [0, 0.05) is 5.92 Å². The predicted molar refractivity (Wildman–Crippen MR) is 127 cm³/mol. The van der Waals surface area contributed by atoms with Crippen LogP contribution in [0, 0.1) is 35.0 Å². The Balaban J connectivity index is 1.74. The summed E-state index contributed by atoms with van der Waals surface area (Å²) >= 11 is 0. The number of rotatable bonds is 5. The normalized spacial score (nSPS) is 40.1. The summed E-state index contributed by atoms with van der Waals surface area (Å²) in [5.74, 6) is 2.76. The molecule has 2 heteroatoms. The Morgan fingerprint density at radius 1 is 1.03 bits per heavy atom. The summed E-state index contributed by atoms with van der Waals surface area (Å²) in [5.41, 5.74) is 2.84. The zero-order chi connectivity index (χ0) is 22.1. The first-order chi connectivity index (χ1) is 14.0. The van der Waals surface area contributed by atoms with Gasteiger partial charge in [-0.2, -0.15) is 0 Å². The van der Waals surface area contributed by atoms with Crippen molar-refractivity contribution in [2.24, 2.45) is 35.0 Å². The Morgan fingerprint density at radius 3 is 2.43 bits per heavy atom. The molecule has 2 N–H and O–H groups in total. The largest absolute Gasteiger partial charge is 0.393 e. The van der Waals surface area contributed by atoms with Crippen molar-refractivity contribution in [2.45, 2.75) is 105 Å². The maximum atomic E-state index is 10.3. The van der Waals surface area contributed by atoms with Crippen LogP contribution in [0.1, 0.15) is 92.9 Å². The van der Waals surface area contributed by atoms with Gasteiger partial charge in [-0.15, -0.1) is 0 Å². The van der Waals surface area contributed by atoms with Gasteiger partial charge in [-0.05, 0) is 94.3 Å².